The van der Waals surface area contributed by atoms with E-state index in [9.17, 15) is 4.79 Å². The highest BCUT2D eigenvalue weighted by Gasteiger charge is 2.18. The van der Waals surface area contributed by atoms with E-state index in [4.69, 9.17) is 42.0 Å². The summed E-state index contributed by atoms with van der Waals surface area (Å²) in [6.07, 6.45) is 7.65. The third kappa shape index (κ3) is 9.06. The molecule has 0 saturated carbocycles. The fraction of sp³-hybridized carbons (Fsp3) is 0.200. The van der Waals surface area contributed by atoms with Crippen molar-refractivity contribution in [3.05, 3.63) is 106 Å². The van der Waals surface area contributed by atoms with Crippen molar-refractivity contribution in [1.82, 2.24) is 39.0 Å². The van der Waals surface area contributed by atoms with Crippen LogP contribution in [0.5, 0.6) is 0 Å². The molecule has 57 heavy (non-hydrogen) atoms. The number of aldehydes is 1. The minimum Gasteiger partial charge on any atom is -0.411 e. The maximum atomic E-state index is 11.0. The molecule has 2 aromatic carbocycles. The first kappa shape index (κ1) is 41.4. The van der Waals surface area contributed by atoms with E-state index >= 15 is 0 Å². The fourth-order valence-corrected chi connectivity index (χ4v) is 6.40. The predicted molar refractivity (Wildman–Crippen MR) is 219 cm³/mol. The van der Waals surface area contributed by atoms with Crippen LogP contribution < -0.4 is 0 Å². The zero-order valence-electron chi connectivity index (χ0n) is 31.8. The van der Waals surface area contributed by atoms with Crippen molar-refractivity contribution in [2.45, 2.75) is 40.5 Å². The molecule has 0 unspecified atom stereocenters. The van der Waals surface area contributed by atoms with Crippen molar-refractivity contribution in [2.75, 3.05) is 0 Å². The van der Waals surface area contributed by atoms with Crippen LogP contribution in [0.2, 0.25) is 0 Å². The number of oxime groups is 1. The molecule has 0 spiro atoms. The molecule has 0 saturated heterocycles. The summed E-state index contributed by atoms with van der Waals surface area (Å²) in [5.41, 5.74) is 12.8. The molecule has 15 nitrogen and oxygen atoms in total. The molecule has 6 heterocycles. The van der Waals surface area contributed by atoms with E-state index < -0.39 is 23.1 Å². The summed E-state index contributed by atoms with van der Waals surface area (Å²) in [5, 5.41) is 13.8. The molecule has 0 fully saturated rings. The van der Waals surface area contributed by atoms with Gasteiger partial charge in [-0.05, 0) is 109 Å². The molecule has 0 aliphatic rings. The van der Waals surface area contributed by atoms with Gasteiger partial charge in [0, 0.05) is 42.8 Å². The van der Waals surface area contributed by atoms with Gasteiger partial charge in [0.25, 0.3) is 0 Å². The van der Waals surface area contributed by atoms with Gasteiger partial charge in [0.15, 0.2) is 22.9 Å². The average Bonchev–Trinajstić information content (AvgIpc) is 3.71. The Balaban J connectivity index is 0.000000192. The molecule has 0 aliphatic carbocycles. The molecule has 0 radical (unpaired) electrons. The Morgan fingerprint density at radius 3 is 1.46 bits per heavy atom. The Kier molecular flexibility index (Phi) is 13.6. The van der Waals surface area contributed by atoms with E-state index in [1.165, 1.54) is 6.21 Å². The highest BCUT2D eigenvalue weighted by Crippen LogP contribution is 2.30. The molecular formula is C40H37N9O6S2. The second kappa shape index (κ2) is 18.7. The zero-order chi connectivity index (χ0) is 41.2. The third-order valence-corrected chi connectivity index (χ3v) is 9.06. The number of pyridine rings is 4. The first-order valence-electron chi connectivity index (χ1n) is 17.5. The largest absolute Gasteiger partial charge is 0.411 e. The third-order valence-electron chi connectivity index (χ3n) is 9.06. The number of aryl methyl sites for hydroxylation is 6. The Labute approximate surface area is 333 Å². The van der Waals surface area contributed by atoms with E-state index in [-0.39, 0.29) is 0 Å². The van der Waals surface area contributed by atoms with E-state index in [2.05, 4.69) is 41.1 Å². The van der Waals surface area contributed by atoms with Gasteiger partial charge in [-0.25, -0.2) is 29.9 Å². The van der Waals surface area contributed by atoms with E-state index in [0.717, 1.165) is 114 Å². The van der Waals surface area contributed by atoms with Crippen LogP contribution in [0.25, 0.3) is 67.2 Å². The van der Waals surface area contributed by atoms with Gasteiger partial charge in [0.2, 0.25) is 0 Å². The van der Waals surface area contributed by atoms with Crippen LogP contribution in [0.4, 0.5) is 0 Å². The van der Waals surface area contributed by atoms with Crippen LogP contribution in [0.3, 0.4) is 0 Å². The van der Waals surface area contributed by atoms with Crippen molar-refractivity contribution < 1.29 is 26.8 Å². The number of hydrogen-bond donors (Lipinski definition) is 1. The molecular weight excluding hydrogens is 767 g/mol. The smallest absolute Gasteiger partial charge is 0.335 e. The standard InChI is InChI=1S/C20H19N5O.C20H18N4O.2O2S/c1-4-14-9-15-8-13(11-22-26)5-6-16(15)23-18(14)20-24-17-7-12(2)10-21-19(17)25(20)3;1-4-14-9-15-8-13(11-25)5-6-16(15)22-18(14)20-23-17-7-12(2)10-21-19(17)24(20)3;2*1-3-2/h5-11,26H,4H2,1-3H3;5-11H,4H2,1-3H3;;/b22-11+;;;. The molecule has 8 rings (SSSR count). The minimum atomic E-state index is -0.750. The number of carbonyl (C=O) groups is 1. The van der Waals surface area contributed by atoms with Gasteiger partial charge >= 0.3 is 23.1 Å². The van der Waals surface area contributed by atoms with Gasteiger partial charge in [-0.3, -0.25) is 4.79 Å². The van der Waals surface area contributed by atoms with Crippen LogP contribution in [-0.2, 0) is 50.1 Å². The summed E-state index contributed by atoms with van der Waals surface area (Å²) in [4.78, 5) is 39.3. The van der Waals surface area contributed by atoms with Crippen LogP contribution in [-0.4, -0.2) is 73.6 Å². The lowest BCUT2D eigenvalue weighted by molar-refractivity contribution is 0.112. The lowest BCUT2D eigenvalue weighted by Gasteiger charge is -2.09. The Bertz CT molecular complexity index is 2870. The van der Waals surface area contributed by atoms with Crippen molar-refractivity contribution in [1.29, 1.82) is 0 Å². The normalized spacial score (nSPS) is 10.8. The van der Waals surface area contributed by atoms with Crippen molar-refractivity contribution in [3.63, 3.8) is 0 Å². The lowest BCUT2D eigenvalue weighted by atomic mass is 10.0. The van der Waals surface area contributed by atoms with Crippen LogP contribution in [0.15, 0.2) is 78.2 Å². The first-order valence-corrected chi connectivity index (χ1v) is 18.8. The number of benzene rings is 2. The summed E-state index contributed by atoms with van der Waals surface area (Å²) >= 11 is -1.50. The first-order chi connectivity index (χ1) is 27.5. The Morgan fingerprint density at radius 1 is 0.632 bits per heavy atom. The molecule has 1 N–H and O–H groups in total. The van der Waals surface area contributed by atoms with Gasteiger partial charge in [0.1, 0.15) is 28.7 Å². The monoisotopic (exact) mass is 803 g/mol. The maximum absolute atomic E-state index is 11.0. The minimum absolute atomic E-state index is 0.659. The van der Waals surface area contributed by atoms with Crippen LogP contribution in [0, 0.1) is 13.8 Å². The topological polar surface area (TPSA) is 205 Å². The number of carbonyl (C=O) groups excluding carboxylic acids is 1. The molecule has 17 heteroatoms. The molecule has 0 aliphatic heterocycles. The predicted octanol–water partition coefficient (Wildman–Crippen LogP) is 6.39. The molecule has 0 bridgehead atoms. The number of imidazole rings is 2. The highest BCUT2D eigenvalue weighted by atomic mass is 32.1. The van der Waals surface area contributed by atoms with E-state index in [0.29, 0.717) is 5.56 Å². The second-order valence-corrected chi connectivity index (χ2v) is 13.1. The molecule has 0 amide bonds. The molecule has 290 valence electrons. The van der Waals surface area contributed by atoms with Crippen LogP contribution in [0.1, 0.15) is 52.0 Å². The SMILES string of the molecule is CCc1cc2cc(/C=N/O)ccc2nc1-c1nc2cc(C)cnc2n1C.CCc1cc2cc(C=O)ccc2nc1-c1nc2cc(C)cnc2n1C.O=S=O.O=S=O. The van der Waals surface area contributed by atoms with Gasteiger partial charge in [0.05, 0.1) is 17.2 Å². The summed E-state index contributed by atoms with van der Waals surface area (Å²) < 4.78 is 37.1. The summed E-state index contributed by atoms with van der Waals surface area (Å²) in [6, 6.07) is 19.6. The number of fused-ring (bicyclic) bond motifs is 4. The number of rotatable bonds is 6. The molecule has 6 aromatic heterocycles. The van der Waals surface area contributed by atoms with Crippen molar-refractivity contribution >= 4 is 79.8 Å². The van der Waals surface area contributed by atoms with Gasteiger partial charge in [-0.2, -0.15) is 16.8 Å². The molecule has 8 aromatic rings. The number of aromatic nitrogens is 8. The van der Waals surface area contributed by atoms with Crippen LogP contribution >= 0.6 is 0 Å². The summed E-state index contributed by atoms with van der Waals surface area (Å²) in [6.45, 7) is 8.23. The number of nitrogens with zero attached hydrogens (tertiary/aromatic N) is 9. The van der Waals surface area contributed by atoms with E-state index in [1.807, 2.05) is 91.9 Å². The van der Waals surface area contributed by atoms with Gasteiger partial charge < -0.3 is 14.3 Å². The van der Waals surface area contributed by atoms with Crippen molar-refractivity contribution in [3.8, 4) is 23.0 Å². The maximum Gasteiger partial charge on any atom is 0.335 e. The number of hydrogen-bond acceptors (Lipinski definition) is 13. The summed E-state index contributed by atoms with van der Waals surface area (Å²) in [7, 11) is 3.94. The van der Waals surface area contributed by atoms with E-state index in [1.54, 1.807) is 6.07 Å². The van der Waals surface area contributed by atoms with Crippen molar-refractivity contribution in [2.24, 2.45) is 19.3 Å². The summed E-state index contributed by atoms with van der Waals surface area (Å²) in [5.74, 6) is 1.63. The second-order valence-electron chi connectivity index (χ2n) is 12.8. The quantitative estimate of drug-likeness (QED) is 0.0841. The Hall–Kier alpha value is -6.72. The van der Waals surface area contributed by atoms with Gasteiger partial charge in [-0.15, -0.1) is 0 Å². The Morgan fingerprint density at radius 2 is 1.05 bits per heavy atom. The zero-order valence-corrected chi connectivity index (χ0v) is 33.5. The van der Waals surface area contributed by atoms with Gasteiger partial charge in [-0.1, -0.05) is 25.1 Å². The lowest BCUT2D eigenvalue weighted by Crippen LogP contribution is -2.00. The molecule has 0 atom stereocenters. The average molecular weight is 804 g/mol. The highest BCUT2D eigenvalue weighted by molar-refractivity contribution is 7.51. The fourth-order valence-electron chi connectivity index (χ4n) is 6.40.